The molecule has 22 heavy (non-hydrogen) atoms. The van der Waals surface area contributed by atoms with Crippen LogP contribution in [0, 0.1) is 25.7 Å². The largest absolute Gasteiger partial charge is 0.0949 e. The summed E-state index contributed by atoms with van der Waals surface area (Å²) < 4.78 is 0. The topological polar surface area (TPSA) is 0 Å². The lowest BCUT2D eigenvalue weighted by Crippen LogP contribution is -2.11. The van der Waals surface area contributed by atoms with Crippen LogP contribution in [-0.4, -0.2) is 0 Å². The van der Waals surface area contributed by atoms with Crippen molar-refractivity contribution in [2.24, 2.45) is 11.8 Å². The standard InChI is InChI=1S/C22H26/c1-15-7-11-21(12-8-15)19(5)17(3)18(4)20(6)22-13-9-16(2)10-14-22/h7-14,17-18H,5-6H2,1-4H3/t17-,18+. The molecule has 0 saturated heterocycles. The Morgan fingerprint density at radius 3 is 1.18 bits per heavy atom. The predicted molar refractivity (Wildman–Crippen MR) is 98.8 cm³/mol. The van der Waals surface area contributed by atoms with Gasteiger partial charge in [-0.05, 0) is 48.0 Å². The number of aryl methyl sites for hydroxylation is 2. The van der Waals surface area contributed by atoms with E-state index in [1.165, 1.54) is 33.4 Å². The first-order valence-corrected chi connectivity index (χ1v) is 7.92. The van der Waals surface area contributed by atoms with Gasteiger partial charge in [-0.1, -0.05) is 86.7 Å². The second-order valence-electron chi connectivity index (χ2n) is 6.36. The van der Waals surface area contributed by atoms with Crippen LogP contribution in [0.4, 0.5) is 0 Å². The zero-order chi connectivity index (χ0) is 16.3. The first-order valence-electron chi connectivity index (χ1n) is 7.92. The zero-order valence-electron chi connectivity index (χ0n) is 14.2. The van der Waals surface area contributed by atoms with Crippen LogP contribution < -0.4 is 0 Å². The fourth-order valence-electron chi connectivity index (χ4n) is 2.66. The molecule has 2 atom stereocenters. The van der Waals surface area contributed by atoms with Crippen LogP contribution >= 0.6 is 0 Å². The molecule has 0 amide bonds. The first kappa shape index (κ1) is 16.3. The normalized spacial score (nSPS) is 13.5. The van der Waals surface area contributed by atoms with E-state index < -0.39 is 0 Å². The SMILES string of the molecule is C=C(c1ccc(C)cc1)[C@@H](C)[C@@H](C)C(=C)c1ccc(C)cc1. The smallest absolute Gasteiger partial charge is 0.0124 e. The molecule has 0 aliphatic heterocycles. The highest BCUT2D eigenvalue weighted by molar-refractivity contribution is 5.71. The van der Waals surface area contributed by atoms with E-state index in [4.69, 9.17) is 0 Å². The summed E-state index contributed by atoms with van der Waals surface area (Å²) in [7, 11) is 0. The van der Waals surface area contributed by atoms with Gasteiger partial charge in [-0.2, -0.15) is 0 Å². The third-order valence-corrected chi connectivity index (χ3v) is 4.69. The Kier molecular flexibility index (Phi) is 5.03. The van der Waals surface area contributed by atoms with Gasteiger partial charge in [-0.15, -0.1) is 0 Å². The lowest BCUT2D eigenvalue weighted by Gasteiger charge is -2.25. The Bertz CT molecular complexity index is 595. The third-order valence-electron chi connectivity index (χ3n) is 4.69. The van der Waals surface area contributed by atoms with Gasteiger partial charge in [0.15, 0.2) is 0 Å². The fraction of sp³-hybridized carbons (Fsp3) is 0.273. The summed E-state index contributed by atoms with van der Waals surface area (Å²) in [5.74, 6) is 0.716. The quantitative estimate of drug-likeness (QED) is 0.606. The molecule has 0 nitrogen and oxygen atoms in total. The number of allylic oxidation sites excluding steroid dienone is 2. The maximum Gasteiger partial charge on any atom is -0.0124 e. The lowest BCUT2D eigenvalue weighted by atomic mass is 9.80. The van der Waals surface area contributed by atoms with E-state index in [1.807, 2.05) is 0 Å². The lowest BCUT2D eigenvalue weighted by molar-refractivity contribution is 0.591. The number of rotatable bonds is 5. The molecule has 0 heterocycles. The van der Waals surface area contributed by atoms with Gasteiger partial charge < -0.3 is 0 Å². The maximum atomic E-state index is 4.32. The monoisotopic (exact) mass is 290 g/mol. The van der Waals surface area contributed by atoms with Crippen LogP contribution in [0.2, 0.25) is 0 Å². The Balaban J connectivity index is 2.15. The summed E-state index contributed by atoms with van der Waals surface area (Å²) in [6.45, 7) is 17.4. The Morgan fingerprint density at radius 1 is 0.636 bits per heavy atom. The van der Waals surface area contributed by atoms with Crippen molar-refractivity contribution in [1.29, 1.82) is 0 Å². The average molecular weight is 290 g/mol. The van der Waals surface area contributed by atoms with Gasteiger partial charge in [-0.3, -0.25) is 0 Å². The molecule has 0 radical (unpaired) electrons. The Morgan fingerprint density at radius 2 is 0.909 bits per heavy atom. The van der Waals surface area contributed by atoms with Crippen molar-refractivity contribution in [3.8, 4) is 0 Å². The summed E-state index contributed by atoms with van der Waals surface area (Å²) in [5, 5.41) is 0. The van der Waals surface area contributed by atoms with E-state index in [2.05, 4.69) is 89.4 Å². The molecule has 0 bridgehead atoms. The number of hydrogen-bond acceptors (Lipinski definition) is 0. The molecule has 114 valence electrons. The fourth-order valence-corrected chi connectivity index (χ4v) is 2.66. The molecule has 2 aromatic carbocycles. The molecule has 0 spiro atoms. The molecule has 0 aliphatic rings. The second kappa shape index (κ2) is 6.79. The van der Waals surface area contributed by atoms with Crippen molar-refractivity contribution in [2.45, 2.75) is 27.7 Å². The van der Waals surface area contributed by atoms with Gasteiger partial charge in [-0.25, -0.2) is 0 Å². The van der Waals surface area contributed by atoms with Crippen molar-refractivity contribution in [3.05, 3.63) is 83.9 Å². The minimum atomic E-state index is 0.358. The van der Waals surface area contributed by atoms with Crippen molar-refractivity contribution in [3.63, 3.8) is 0 Å². The van der Waals surface area contributed by atoms with Crippen molar-refractivity contribution in [1.82, 2.24) is 0 Å². The summed E-state index contributed by atoms with van der Waals surface area (Å²) >= 11 is 0. The van der Waals surface area contributed by atoms with E-state index in [0.717, 1.165) is 0 Å². The van der Waals surface area contributed by atoms with Gasteiger partial charge in [0.1, 0.15) is 0 Å². The maximum absolute atomic E-state index is 4.32. The summed E-state index contributed by atoms with van der Waals surface area (Å²) in [4.78, 5) is 0. The van der Waals surface area contributed by atoms with Crippen LogP contribution in [0.5, 0.6) is 0 Å². The highest BCUT2D eigenvalue weighted by Gasteiger charge is 2.20. The molecular weight excluding hydrogens is 264 g/mol. The summed E-state index contributed by atoms with van der Waals surface area (Å²) in [6, 6.07) is 17.2. The van der Waals surface area contributed by atoms with E-state index in [9.17, 15) is 0 Å². The highest BCUT2D eigenvalue weighted by Crippen LogP contribution is 2.35. The number of hydrogen-bond donors (Lipinski definition) is 0. The van der Waals surface area contributed by atoms with Crippen molar-refractivity contribution >= 4 is 11.1 Å². The van der Waals surface area contributed by atoms with Crippen LogP contribution in [0.3, 0.4) is 0 Å². The molecule has 2 aromatic rings. The molecule has 2 rings (SSSR count). The van der Waals surface area contributed by atoms with Crippen LogP contribution in [0.25, 0.3) is 11.1 Å². The molecule has 0 heteroatoms. The molecule has 0 saturated carbocycles. The molecule has 0 N–H and O–H groups in total. The van der Waals surface area contributed by atoms with Crippen LogP contribution in [0.1, 0.15) is 36.1 Å². The molecule has 0 unspecified atom stereocenters. The third kappa shape index (κ3) is 3.57. The van der Waals surface area contributed by atoms with Gasteiger partial charge in [0.25, 0.3) is 0 Å². The first-order chi connectivity index (χ1) is 10.4. The second-order valence-corrected chi connectivity index (χ2v) is 6.36. The summed E-state index contributed by atoms with van der Waals surface area (Å²) in [6.07, 6.45) is 0. The molecule has 0 fully saturated rings. The minimum Gasteiger partial charge on any atom is -0.0949 e. The van der Waals surface area contributed by atoms with Crippen molar-refractivity contribution < 1.29 is 0 Å². The zero-order valence-corrected chi connectivity index (χ0v) is 14.2. The van der Waals surface area contributed by atoms with E-state index in [-0.39, 0.29) is 0 Å². The molecular formula is C22H26. The van der Waals surface area contributed by atoms with Crippen LogP contribution in [0.15, 0.2) is 61.7 Å². The van der Waals surface area contributed by atoms with Crippen molar-refractivity contribution in [2.75, 3.05) is 0 Å². The highest BCUT2D eigenvalue weighted by atomic mass is 14.2. The van der Waals surface area contributed by atoms with Gasteiger partial charge in [0.2, 0.25) is 0 Å². The average Bonchev–Trinajstić information content (AvgIpc) is 2.53. The predicted octanol–water partition coefficient (Wildman–Crippen LogP) is 6.30. The Hall–Kier alpha value is -2.08. The van der Waals surface area contributed by atoms with Gasteiger partial charge in [0.05, 0.1) is 0 Å². The molecule has 0 aliphatic carbocycles. The van der Waals surface area contributed by atoms with Gasteiger partial charge in [0, 0.05) is 0 Å². The van der Waals surface area contributed by atoms with Gasteiger partial charge >= 0.3 is 0 Å². The van der Waals surface area contributed by atoms with E-state index >= 15 is 0 Å². The Labute approximate surface area is 135 Å². The van der Waals surface area contributed by atoms with Crippen LogP contribution in [-0.2, 0) is 0 Å². The van der Waals surface area contributed by atoms with E-state index in [0.29, 0.717) is 11.8 Å². The summed E-state index contributed by atoms with van der Waals surface area (Å²) in [5.41, 5.74) is 7.37. The molecule has 0 aromatic heterocycles. The number of benzene rings is 2. The minimum absolute atomic E-state index is 0.358. The van der Waals surface area contributed by atoms with E-state index in [1.54, 1.807) is 0 Å².